The zero-order valence-corrected chi connectivity index (χ0v) is 10.7. The summed E-state index contributed by atoms with van der Waals surface area (Å²) in [6.45, 7) is 4.21. The van der Waals surface area contributed by atoms with Crippen LogP contribution in [0.5, 0.6) is 5.75 Å². The largest absolute Gasteiger partial charge is 0.494 e. The molecule has 1 aromatic rings. The maximum Gasteiger partial charge on any atom is 0.119 e. The van der Waals surface area contributed by atoms with Crippen LogP contribution in [0.4, 0.5) is 0 Å². The Kier molecular flexibility index (Phi) is 4.87. The molecular formula is C15H23NO. The van der Waals surface area contributed by atoms with Crippen molar-refractivity contribution in [1.29, 1.82) is 0 Å². The first kappa shape index (κ1) is 12.4. The van der Waals surface area contributed by atoms with Gasteiger partial charge in [-0.1, -0.05) is 19.1 Å². The molecule has 0 spiro atoms. The van der Waals surface area contributed by atoms with Crippen LogP contribution in [-0.2, 0) is 6.42 Å². The van der Waals surface area contributed by atoms with E-state index in [-0.39, 0.29) is 0 Å². The van der Waals surface area contributed by atoms with Crippen LogP contribution in [0, 0.1) is 0 Å². The third-order valence-electron chi connectivity index (χ3n) is 3.43. The number of aryl methyl sites for hydroxylation is 1. The molecule has 2 heteroatoms. The number of nitrogens with one attached hydrogen (secondary N) is 1. The van der Waals surface area contributed by atoms with Gasteiger partial charge in [0.25, 0.3) is 0 Å². The standard InChI is InChI=1S/C15H23NO/c1-2-13-6-3-9-15(12-13)17-11-5-8-14-7-4-10-16-14/h3,6,9,12,14,16H,2,4-5,7-8,10-11H2,1H3. The lowest BCUT2D eigenvalue weighted by atomic mass is 10.1. The Hall–Kier alpha value is -1.02. The van der Waals surface area contributed by atoms with Crippen LogP contribution in [0.25, 0.3) is 0 Å². The van der Waals surface area contributed by atoms with Crippen molar-refractivity contribution in [3.8, 4) is 5.75 Å². The molecule has 1 aliphatic rings. The molecule has 17 heavy (non-hydrogen) atoms. The summed E-state index contributed by atoms with van der Waals surface area (Å²) >= 11 is 0. The molecule has 0 aromatic heterocycles. The van der Waals surface area contributed by atoms with Crippen molar-refractivity contribution >= 4 is 0 Å². The van der Waals surface area contributed by atoms with E-state index < -0.39 is 0 Å². The van der Waals surface area contributed by atoms with Crippen LogP contribution < -0.4 is 10.1 Å². The van der Waals surface area contributed by atoms with E-state index in [2.05, 4.69) is 30.4 Å². The predicted octanol–water partition coefficient (Wildman–Crippen LogP) is 3.16. The summed E-state index contributed by atoms with van der Waals surface area (Å²) in [5.41, 5.74) is 1.35. The monoisotopic (exact) mass is 233 g/mol. The van der Waals surface area contributed by atoms with E-state index in [1.54, 1.807) is 0 Å². The fraction of sp³-hybridized carbons (Fsp3) is 0.600. The summed E-state index contributed by atoms with van der Waals surface area (Å²) in [4.78, 5) is 0. The van der Waals surface area contributed by atoms with Crippen molar-refractivity contribution in [3.05, 3.63) is 29.8 Å². The number of ether oxygens (including phenoxy) is 1. The van der Waals surface area contributed by atoms with Crippen molar-refractivity contribution in [2.24, 2.45) is 0 Å². The Morgan fingerprint density at radius 2 is 2.35 bits per heavy atom. The minimum Gasteiger partial charge on any atom is -0.494 e. The first-order valence-corrected chi connectivity index (χ1v) is 6.83. The van der Waals surface area contributed by atoms with Crippen LogP contribution in [0.15, 0.2) is 24.3 Å². The molecular weight excluding hydrogens is 210 g/mol. The summed E-state index contributed by atoms with van der Waals surface area (Å²) < 4.78 is 5.78. The highest BCUT2D eigenvalue weighted by atomic mass is 16.5. The summed E-state index contributed by atoms with van der Waals surface area (Å²) in [5.74, 6) is 1.02. The van der Waals surface area contributed by atoms with Crippen molar-refractivity contribution in [2.45, 2.75) is 45.1 Å². The van der Waals surface area contributed by atoms with Gasteiger partial charge in [0.05, 0.1) is 6.61 Å². The predicted molar refractivity (Wildman–Crippen MR) is 71.6 cm³/mol. The number of rotatable bonds is 6. The topological polar surface area (TPSA) is 21.3 Å². The maximum atomic E-state index is 5.78. The van der Waals surface area contributed by atoms with E-state index in [1.807, 2.05) is 6.07 Å². The zero-order valence-electron chi connectivity index (χ0n) is 10.7. The van der Waals surface area contributed by atoms with E-state index in [4.69, 9.17) is 4.74 Å². The van der Waals surface area contributed by atoms with Gasteiger partial charge in [0, 0.05) is 6.04 Å². The third-order valence-corrected chi connectivity index (χ3v) is 3.43. The molecule has 1 N–H and O–H groups in total. The molecule has 1 aliphatic heterocycles. The lowest BCUT2D eigenvalue weighted by Crippen LogP contribution is -2.21. The fourth-order valence-corrected chi connectivity index (χ4v) is 2.38. The minimum atomic E-state index is 0.737. The van der Waals surface area contributed by atoms with Gasteiger partial charge in [0.15, 0.2) is 0 Å². The Balaban J connectivity index is 1.66. The van der Waals surface area contributed by atoms with Crippen molar-refractivity contribution in [1.82, 2.24) is 5.32 Å². The molecule has 1 fully saturated rings. The smallest absolute Gasteiger partial charge is 0.119 e. The van der Waals surface area contributed by atoms with Gasteiger partial charge in [-0.05, 0) is 56.3 Å². The van der Waals surface area contributed by atoms with Gasteiger partial charge < -0.3 is 10.1 Å². The highest BCUT2D eigenvalue weighted by Crippen LogP contribution is 2.15. The molecule has 1 saturated heterocycles. The van der Waals surface area contributed by atoms with Crippen LogP contribution in [0.1, 0.15) is 38.2 Å². The van der Waals surface area contributed by atoms with Crippen molar-refractivity contribution < 1.29 is 4.74 Å². The van der Waals surface area contributed by atoms with Gasteiger partial charge in [-0.15, -0.1) is 0 Å². The van der Waals surface area contributed by atoms with Crippen LogP contribution in [0.2, 0.25) is 0 Å². The summed E-state index contributed by atoms with van der Waals surface area (Å²) in [6, 6.07) is 9.16. The summed E-state index contributed by atoms with van der Waals surface area (Å²) in [5, 5.41) is 3.52. The van der Waals surface area contributed by atoms with Crippen LogP contribution in [-0.4, -0.2) is 19.2 Å². The second kappa shape index (κ2) is 6.65. The Labute approximate surface area is 104 Å². The highest BCUT2D eigenvalue weighted by Gasteiger charge is 2.12. The first-order valence-electron chi connectivity index (χ1n) is 6.83. The lowest BCUT2D eigenvalue weighted by Gasteiger charge is -2.11. The van der Waals surface area contributed by atoms with Gasteiger partial charge in [0.2, 0.25) is 0 Å². The van der Waals surface area contributed by atoms with Crippen LogP contribution in [0.3, 0.4) is 0 Å². The van der Waals surface area contributed by atoms with Gasteiger partial charge in [-0.3, -0.25) is 0 Å². The number of hydrogen-bond donors (Lipinski definition) is 1. The van der Waals surface area contributed by atoms with E-state index in [1.165, 1.54) is 31.4 Å². The molecule has 2 rings (SSSR count). The molecule has 0 amide bonds. The average molecular weight is 233 g/mol. The normalized spacial score (nSPS) is 19.5. The van der Waals surface area contributed by atoms with Crippen molar-refractivity contribution in [2.75, 3.05) is 13.2 Å². The average Bonchev–Trinajstić information content (AvgIpc) is 2.88. The summed E-state index contributed by atoms with van der Waals surface area (Å²) in [7, 11) is 0. The third kappa shape index (κ3) is 4.04. The minimum absolute atomic E-state index is 0.737. The zero-order chi connectivity index (χ0) is 11.9. The van der Waals surface area contributed by atoms with Crippen LogP contribution >= 0.6 is 0 Å². The quantitative estimate of drug-likeness (QED) is 0.762. The van der Waals surface area contributed by atoms with Crippen molar-refractivity contribution in [3.63, 3.8) is 0 Å². The second-order valence-electron chi connectivity index (χ2n) is 4.78. The van der Waals surface area contributed by atoms with E-state index in [9.17, 15) is 0 Å². The molecule has 0 saturated carbocycles. The SMILES string of the molecule is CCc1cccc(OCCCC2CCCN2)c1. The molecule has 0 bridgehead atoms. The summed E-state index contributed by atoms with van der Waals surface area (Å²) in [6.07, 6.45) is 6.14. The fourth-order valence-electron chi connectivity index (χ4n) is 2.38. The number of benzene rings is 1. The Morgan fingerprint density at radius 3 is 3.12 bits per heavy atom. The highest BCUT2D eigenvalue weighted by molar-refractivity contribution is 5.28. The van der Waals surface area contributed by atoms with E-state index in [0.717, 1.165) is 31.2 Å². The van der Waals surface area contributed by atoms with Gasteiger partial charge in [-0.2, -0.15) is 0 Å². The molecule has 0 aliphatic carbocycles. The molecule has 94 valence electrons. The molecule has 1 heterocycles. The van der Waals surface area contributed by atoms with E-state index in [0.29, 0.717) is 0 Å². The van der Waals surface area contributed by atoms with Gasteiger partial charge in [0.1, 0.15) is 5.75 Å². The molecule has 1 atom stereocenters. The molecule has 1 unspecified atom stereocenters. The van der Waals surface area contributed by atoms with Gasteiger partial charge >= 0.3 is 0 Å². The van der Waals surface area contributed by atoms with E-state index >= 15 is 0 Å². The number of hydrogen-bond acceptors (Lipinski definition) is 2. The lowest BCUT2D eigenvalue weighted by molar-refractivity contribution is 0.298. The molecule has 0 radical (unpaired) electrons. The first-order chi connectivity index (χ1) is 8.38. The Bertz CT molecular complexity index is 331. The molecule has 2 nitrogen and oxygen atoms in total. The molecule has 1 aromatic carbocycles. The van der Waals surface area contributed by atoms with Gasteiger partial charge in [-0.25, -0.2) is 0 Å². The Morgan fingerprint density at radius 1 is 1.41 bits per heavy atom. The maximum absolute atomic E-state index is 5.78. The second-order valence-corrected chi connectivity index (χ2v) is 4.78.